The van der Waals surface area contributed by atoms with Crippen molar-refractivity contribution in [2.75, 3.05) is 12.3 Å². The van der Waals surface area contributed by atoms with Crippen molar-refractivity contribution in [3.8, 4) is 0 Å². The second-order valence-electron chi connectivity index (χ2n) is 4.04. The van der Waals surface area contributed by atoms with Crippen LogP contribution in [0, 0.1) is 5.92 Å². The summed E-state index contributed by atoms with van der Waals surface area (Å²) in [5, 5.41) is 2.55. The van der Waals surface area contributed by atoms with E-state index in [0.29, 0.717) is 0 Å². The van der Waals surface area contributed by atoms with Crippen LogP contribution < -0.4 is 10.0 Å². The van der Waals surface area contributed by atoms with Gasteiger partial charge in [0.15, 0.2) is 0 Å². The van der Waals surface area contributed by atoms with Crippen LogP contribution in [0.3, 0.4) is 0 Å². The lowest BCUT2D eigenvalue weighted by atomic mass is 10.2. The van der Waals surface area contributed by atoms with E-state index in [1.165, 1.54) is 0 Å². The first-order chi connectivity index (χ1) is 6.74. The van der Waals surface area contributed by atoms with Crippen LogP contribution in [0.5, 0.6) is 0 Å². The minimum Gasteiger partial charge on any atom is -0.355 e. The molecule has 2 N–H and O–H groups in total. The Morgan fingerprint density at radius 3 is 2.13 bits per heavy atom. The number of hydrogen-bond acceptors (Lipinski definition) is 3. The predicted molar refractivity (Wildman–Crippen MR) is 59.9 cm³/mol. The van der Waals surface area contributed by atoms with Crippen molar-refractivity contribution in [1.29, 1.82) is 0 Å². The maximum Gasteiger partial charge on any atom is 0.222 e. The van der Waals surface area contributed by atoms with E-state index in [1.54, 1.807) is 27.7 Å². The van der Waals surface area contributed by atoms with Crippen LogP contribution >= 0.6 is 0 Å². The van der Waals surface area contributed by atoms with E-state index >= 15 is 0 Å². The minimum absolute atomic E-state index is 0.0797. The van der Waals surface area contributed by atoms with Crippen molar-refractivity contribution in [3.63, 3.8) is 0 Å². The van der Waals surface area contributed by atoms with Crippen LogP contribution in [0.4, 0.5) is 0 Å². The molecule has 0 saturated heterocycles. The van der Waals surface area contributed by atoms with Gasteiger partial charge in [0.05, 0.1) is 5.75 Å². The number of carbonyl (C=O) groups excluding carboxylic acids is 1. The van der Waals surface area contributed by atoms with Crippen LogP contribution in [0.1, 0.15) is 27.7 Å². The first-order valence-electron chi connectivity index (χ1n) is 5.02. The zero-order valence-corrected chi connectivity index (χ0v) is 10.5. The van der Waals surface area contributed by atoms with Gasteiger partial charge in [-0.1, -0.05) is 13.8 Å². The second-order valence-corrected chi connectivity index (χ2v) is 5.91. The maximum absolute atomic E-state index is 11.3. The van der Waals surface area contributed by atoms with Gasteiger partial charge >= 0.3 is 0 Å². The molecule has 5 nitrogen and oxygen atoms in total. The van der Waals surface area contributed by atoms with E-state index in [0.717, 1.165) is 0 Å². The maximum atomic E-state index is 11.3. The number of rotatable bonds is 6. The van der Waals surface area contributed by atoms with E-state index in [4.69, 9.17) is 0 Å². The van der Waals surface area contributed by atoms with E-state index in [9.17, 15) is 13.2 Å². The standard InChI is InChI=1S/C9H20N2O3S/c1-7(2)9(12)10-5-6-15(13,14)11-8(3)4/h7-8,11H,5-6H2,1-4H3,(H,10,12). The van der Waals surface area contributed by atoms with Gasteiger partial charge in [0.2, 0.25) is 15.9 Å². The average Bonchev–Trinajstić information content (AvgIpc) is 2.00. The zero-order valence-electron chi connectivity index (χ0n) is 9.70. The molecule has 1 amide bonds. The Labute approximate surface area is 91.7 Å². The zero-order chi connectivity index (χ0) is 12.1. The first-order valence-corrected chi connectivity index (χ1v) is 6.67. The average molecular weight is 236 g/mol. The topological polar surface area (TPSA) is 75.3 Å². The number of nitrogens with one attached hydrogen (secondary N) is 2. The summed E-state index contributed by atoms with van der Waals surface area (Å²) in [5.41, 5.74) is 0. The Morgan fingerprint density at radius 1 is 1.20 bits per heavy atom. The Hall–Kier alpha value is -0.620. The Bertz CT molecular complexity index is 296. The lowest BCUT2D eigenvalue weighted by Gasteiger charge is -2.10. The summed E-state index contributed by atoms with van der Waals surface area (Å²) in [5.74, 6) is -0.329. The van der Waals surface area contributed by atoms with E-state index in [-0.39, 0.29) is 30.2 Å². The van der Waals surface area contributed by atoms with Crippen LogP contribution in [0.2, 0.25) is 0 Å². The van der Waals surface area contributed by atoms with Crippen molar-refractivity contribution in [3.05, 3.63) is 0 Å². The molecule has 0 fully saturated rings. The van der Waals surface area contributed by atoms with E-state index in [2.05, 4.69) is 10.0 Å². The van der Waals surface area contributed by atoms with Gasteiger partial charge in [-0.15, -0.1) is 0 Å². The fourth-order valence-corrected chi connectivity index (χ4v) is 2.14. The molecular formula is C9H20N2O3S. The third-order valence-electron chi connectivity index (χ3n) is 1.61. The third-order valence-corrected chi connectivity index (χ3v) is 3.18. The highest BCUT2D eigenvalue weighted by atomic mass is 32.2. The quantitative estimate of drug-likeness (QED) is 0.686. The minimum atomic E-state index is -3.27. The summed E-state index contributed by atoms with van der Waals surface area (Å²) in [7, 11) is -3.27. The monoisotopic (exact) mass is 236 g/mol. The molecule has 0 bridgehead atoms. The van der Waals surface area contributed by atoms with Gasteiger partial charge in [0, 0.05) is 18.5 Å². The largest absolute Gasteiger partial charge is 0.355 e. The van der Waals surface area contributed by atoms with Crippen LogP contribution in [0.25, 0.3) is 0 Å². The molecule has 0 spiro atoms. The molecule has 0 aromatic carbocycles. The van der Waals surface area contributed by atoms with Gasteiger partial charge in [-0.2, -0.15) is 0 Å². The third kappa shape index (κ3) is 7.33. The summed E-state index contributed by atoms with van der Waals surface area (Å²) in [6.07, 6.45) is 0. The smallest absolute Gasteiger partial charge is 0.222 e. The molecule has 0 aromatic heterocycles. The summed E-state index contributed by atoms with van der Waals surface area (Å²) >= 11 is 0. The molecule has 90 valence electrons. The normalized spacial score (nSPS) is 12.1. The van der Waals surface area contributed by atoms with Crippen LogP contribution in [0.15, 0.2) is 0 Å². The Kier molecular flexibility index (Phi) is 5.82. The van der Waals surface area contributed by atoms with E-state index < -0.39 is 10.0 Å². The highest BCUT2D eigenvalue weighted by Crippen LogP contribution is 1.91. The highest BCUT2D eigenvalue weighted by molar-refractivity contribution is 7.89. The summed E-state index contributed by atoms with van der Waals surface area (Å²) < 4.78 is 25.1. The number of carbonyl (C=O) groups is 1. The molecule has 15 heavy (non-hydrogen) atoms. The van der Waals surface area contributed by atoms with Crippen molar-refractivity contribution in [2.24, 2.45) is 5.92 Å². The van der Waals surface area contributed by atoms with Gasteiger partial charge in [-0.05, 0) is 13.8 Å². The molecule has 0 aromatic rings. The van der Waals surface area contributed by atoms with Gasteiger partial charge in [0.1, 0.15) is 0 Å². The van der Waals surface area contributed by atoms with Crippen molar-refractivity contribution >= 4 is 15.9 Å². The molecule has 6 heteroatoms. The van der Waals surface area contributed by atoms with Crippen molar-refractivity contribution in [2.45, 2.75) is 33.7 Å². The number of sulfonamides is 1. The van der Waals surface area contributed by atoms with Gasteiger partial charge < -0.3 is 5.32 Å². The van der Waals surface area contributed by atoms with Crippen LogP contribution in [-0.2, 0) is 14.8 Å². The van der Waals surface area contributed by atoms with Crippen molar-refractivity contribution in [1.82, 2.24) is 10.0 Å². The molecule has 0 unspecified atom stereocenters. The molecule has 0 atom stereocenters. The molecule has 0 aliphatic rings. The summed E-state index contributed by atoms with van der Waals surface area (Å²) in [6, 6.07) is -0.115. The fraction of sp³-hybridized carbons (Fsp3) is 0.889. The second kappa shape index (κ2) is 6.07. The van der Waals surface area contributed by atoms with Crippen LogP contribution in [-0.4, -0.2) is 32.7 Å². The molecular weight excluding hydrogens is 216 g/mol. The molecule has 0 saturated carbocycles. The summed E-state index contributed by atoms with van der Waals surface area (Å²) in [6.45, 7) is 7.18. The first kappa shape index (κ1) is 14.4. The summed E-state index contributed by atoms with van der Waals surface area (Å²) in [4.78, 5) is 11.1. The molecule has 0 aliphatic heterocycles. The van der Waals surface area contributed by atoms with E-state index in [1.807, 2.05) is 0 Å². The number of hydrogen-bond donors (Lipinski definition) is 2. The predicted octanol–water partition coefficient (Wildman–Crippen LogP) is 0.0864. The Morgan fingerprint density at radius 2 is 1.73 bits per heavy atom. The molecule has 0 heterocycles. The van der Waals surface area contributed by atoms with Crippen molar-refractivity contribution < 1.29 is 13.2 Å². The lowest BCUT2D eigenvalue weighted by molar-refractivity contribution is -0.123. The Balaban J connectivity index is 3.91. The molecule has 0 rings (SSSR count). The van der Waals surface area contributed by atoms with Gasteiger partial charge in [-0.3, -0.25) is 4.79 Å². The highest BCUT2D eigenvalue weighted by Gasteiger charge is 2.12. The van der Waals surface area contributed by atoms with Gasteiger partial charge in [0.25, 0.3) is 0 Å². The van der Waals surface area contributed by atoms with Gasteiger partial charge in [-0.25, -0.2) is 13.1 Å². The lowest BCUT2D eigenvalue weighted by Crippen LogP contribution is -2.38. The number of amides is 1. The fourth-order valence-electron chi connectivity index (χ4n) is 0.931. The molecule has 0 radical (unpaired) electrons. The SMILES string of the molecule is CC(C)NS(=O)(=O)CCNC(=O)C(C)C. The molecule has 0 aliphatic carbocycles.